The van der Waals surface area contributed by atoms with Gasteiger partial charge in [-0.15, -0.1) is 0 Å². The molecule has 100 valence electrons. The van der Waals surface area contributed by atoms with E-state index in [9.17, 15) is 18.0 Å². The number of nitrogens with two attached hydrogens (primary N) is 1. The van der Waals surface area contributed by atoms with Gasteiger partial charge in [0.05, 0.1) is 16.9 Å². The van der Waals surface area contributed by atoms with Gasteiger partial charge in [-0.1, -0.05) is 12.1 Å². The summed E-state index contributed by atoms with van der Waals surface area (Å²) < 4.78 is 39.1. The van der Waals surface area contributed by atoms with E-state index in [0.717, 1.165) is 12.1 Å². The van der Waals surface area contributed by atoms with Crippen LogP contribution < -0.4 is 11.3 Å². The number of halogens is 3. The second kappa shape index (κ2) is 4.46. The molecule has 0 aliphatic heterocycles. The average molecular weight is 268 g/mol. The summed E-state index contributed by atoms with van der Waals surface area (Å²) in [5.41, 5.74) is 5.01. The Hall–Kier alpha value is -2.24. The molecule has 0 atom stereocenters. The van der Waals surface area contributed by atoms with Gasteiger partial charge in [0.25, 0.3) is 5.56 Å². The van der Waals surface area contributed by atoms with Gasteiger partial charge in [-0.25, -0.2) is 0 Å². The molecule has 0 spiro atoms. The molecule has 2 aromatic rings. The summed E-state index contributed by atoms with van der Waals surface area (Å²) in [5.74, 6) is 0. The number of nitrogens with zero attached hydrogens (tertiary/aromatic N) is 1. The van der Waals surface area contributed by atoms with Crippen LogP contribution in [-0.2, 0) is 13.2 Å². The zero-order valence-corrected chi connectivity index (χ0v) is 10.0. The van der Waals surface area contributed by atoms with Crippen LogP contribution in [0.25, 0.3) is 11.3 Å². The van der Waals surface area contributed by atoms with Crippen LogP contribution in [0.5, 0.6) is 0 Å². The summed E-state index contributed by atoms with van der Waals surface area (Å²) in [5, 5.41) is 0. The number of aromatic nitrogens is 1. The second-order valence-corrected chi connectivity index (χ2v) is 4.12. The van der Waals surface area contributed by atoms with Gasteiger partial charge in [-0.2, -0.15) is 13.2 Å². The van der Waals surface area contributed by atoms with Gasteiger partial charge < -0.3 is 10.3 Å². The first-order valence-corrected chi connectivity index (χ1v) is 5.44. The molecule has 6 heteroatoms. The summed E-state index contributed by atoms with van der Waals surface area (Å²) in [7, 11) is 1.47. The second-order valence-electron chi connectivity index (χ2n) is 4.12. The Labute approximate surface area is 107 Å². The Kier molecular flexibility index (Phi) is 3.09. The lowest BCUT2D eigenvalue weighted by Gasteiger charge is -2.12. The largest absolute Gasteiger partial charge is 0.416 e. The van der Waals surface area contributed by atoms with Crippen molar-refractivity contribution < 1.29 is 13.2 Å². The van der Waals surface area contributed by atoms with Crippen LogP contribution in [0.15, 0.2) is 41.2 Å². The van der Waals surface area contributed by atoms with E-state index in [1.807, 2.05) is 0 Å². The molecule has 0 amide bonds. The fraction of sp³-hybridized carbons (Fsp3) is 0.154. The average Bonchev–Trinajstić information content (AvgIpc) is 2.35. The van der Waals surface area contributed by atoms with Crippen molar-refractivity contribution in [2.24, 2.45) is 7.05 Å². The molecule has 0 aliphatic rings. The van der Waals surface area contributed by atoms with Gasteiger partial charge in [0, 0.05) is 7.05 Å². The third-order valence-corrected chi connectivity index (χ3v) is 2.82. The van der Waals surface area contributed by atoms with Crippen molar-refractivity contribution in [3.8, 4) is 11.3 Å². The Morgan fingerprint density at radius 3 is 2.47 bits per heavy atom. The SMILES string of the molecule is Cn1c(-c2cccc(C(F)(F)F)c2)ccc(N)c1=O. The number of nitrogen functional groups attached to an aromatic ring is 1. The van der Waals surface area contributed by atoms with E-state index in [4.69, 9.17) is 5.73 Å². The lowest BCUT2D eigenvalue weighted by molar-refractivity contribution is -0.137. The summed E-state index contributed by atoms with van der Waals surface area (Å²) in [6, 6.07) is 7.72. The monoisotopic (exact) mass is 268 g/mol. The predicted octanol–water partition coefficient (Wildman–Crippen LogP) is 2.65. The van der Waals surface area contributed by atoms with Crippen molar-refractivity contribution in [2.75, 3.05) is 5.73 Å². The lowest BCUT2D eigenvalue weighted by atomic mass is 10.1. The van der Waals surface area contributed by atoms with Crippen LogP contribution >= 0.6 is 0 Å². The highest BCUT2D eigenvalue weighted by molar-refractivity contribution is 5.62. The number of rotatable bonds is 1. The molecule has 0 saturated carbocycles. The molecule has 0 fully saturated rings. The van der Waals surface area contributed by atoms with Crippen LogP contribution in [0.4, 0.5) is 18.9 Å². The van der Waals surface area contributed by atoms with Gasteiger partial charge in [-0.05, 0) is 29.8 Å². The fourth-order valence-electron chi connectivity index (χ4n) is 1.80. The van der Waals surface area contributed by atoms with Crippen LogP contribution in [0, 0.1) is 0 Å². The number of alkyl halides is 3. The third-order valence-electron chi connectivity index (χ3n) is 2.82. The van der Waals surface area contributed by atoms with E-state index in [1.54, 1.807) is 0 Å². The number of hydrogen-bond acceptors (Lipinski definition) is 2. The number of hydrogen-bond donors (Lipinski definition) is 1. The van der Waals surface area contributed by atoms with Gasteiger partial charge in [0.2, 0.25) is 0 Å². The van der Waals surface area contributed by atoms with Crippen LogP contribution in [0.1, 0.15) is 5.56 Å². The molecule has 19 heavy (non-hydrogen) atoms. The highest BCUT2D eigenvalue weighted by atomic mass is 19.4. The Morgan fingerprint density at radius 1 is 1.16 bits per heavy atom. The van der Waals surface area contributed by atoms with Gasteiger partial charge in [0.1, 0.15) is 0 Å². The molecule has 0 radical (unpaired) electrons. The molecule has 2 N–H and O–H groups in total. The van der Waals surface area contributed by atoms with Crippen molar-refractivity contribution in [1.29, 1.82) is 0 Å². The lowest BCUT2D eigenvalue weighted by Crippen LogP contribution is -2.21. The summed E-state index contributed by atoms with van der Waals surface area (Å²) >= 11 is 0. The fourth-order valence-corrected chi connectivity index (χ4v) is 1.80. The number of benzene rings is 1. The molecule has 1 aromatic carbocycles. The first kappa shape index (κ1) is 13.2. The minimum atomic E-state index is -4.41. The molecule has 0 saturated heterocycles. The van der Waals surface area contributed by atoms with E-state index >= 15 is 0 Å². The Balaban J connectivity index is 2.61. The highest BCUT2D eigenvalue weighted by Crippen LogP contribution is 2.31. The molecular formula is C13H11F3N2O. The van der Waals surface area contributed by atoms with E-state index in [0.29, 0.717) is 11.3 Å². The molecule has 0 unspecified atom stereocenters. The van der Waals surface area contributed by atoms with Gasteiger partial charge >= 0.3 is 6.18 Å². The smallest absolute Gasteiger partial charge is 0.394 e. The third kappa shape index (κ3) is 2.47. The first-order valence-electron chi connectivity index (χ1n) is 5.44. The maximum Gasteiger partial charge on any atom is 0.416 e. The van der Waals surface area contributed by atoms with Crippen molar-refractivity contribution in [2.45, 2.75) is 6.18 Å². The molecule has 2 rings (SSSR count). The molecule has 0 bridgehead atoms. The summed E-state index contributed by atoms with van der Waals surface area (Å²) in [6.07, 6.45) is -4.41. The number of anilines is 1. The van der Waals surface area contributed by atoms with Gasteiger partial charge in [-0.3, -0.25) is 4.79 Å². The number of pyridine rings is 1. The summed E-state index contributed by atoms with van der Waals surface area (Å²) in [4.78, 5) is 11.7. The molecule has 1 heterocycles. The highest BCUT2D eigenvalue weighted by Gasteiger charge is 2.30. The van der Waals surface area contributed by atoms with Crippen LogP contribution in [-0.4, -0.2) is 4.57 Å². The maximum atomic E-state index is 12.6. The maximum absolute atomic E-state index is 12.6. The quantitative estimate of drug-likeness (QED) is 0.864. The zero-order chi connectivity index (χ0) is 14.2. The topological polar surface area (TPSA) is 48.0 Å². The molecule has 3 nitrogen and oxygen atoms in total. The Morgan fingerprint density at radius 2 is 1.84 bits per heavy atom. The predicted molar refractivity (Wildman–Crippen MR) is 66.5 cm³/mol. The molecule has 1 aromatic heterocycles. The van der Waals surface area contributed by atoms with E-state index in [2.05, 4.69) is 0 Å². The van der Waals surface area contributed by atoms with E-state index in [1.165, 1.54) is 35.9 Å². The normalized spacial score (nSPS) is 11.6. The minimum absolute atomic E-state index is 0.0539. The van der Waals surface area contributed by atoms with E-state index in [-0.39, 0.29) is 5.69 Å². The zero-order valence-electron chi connectivity index (χ0n) is 10.0. The standard InChI is InChI=1S/C13H11F3N2O/c1-18-11(6-5-10(17)12(18)19)8-3-2-4-9(7-8)13(14,15)16/h2-7H,17H2,1H3. The van der Waals surface area contributed by atoms with Crippen molar-refractivity contribution in [1.82, 2.24) is 4.57 Å². The van der Waals surface area contributed by atoms with Crippen LogP contribution in [0.3, 0.4) is 0 Å². The van der Waals surface area contributed by atoms with Crippen molar-refractivity contribution >= 4 is 5.69 Å². The van der Waals surface area contributed by atoms with Crippen LogP contribution in [0.2, 0.25) is 0 Å². The Bertz CT molecular complexity index is 674. The van der Waals surface area contributed by atoms with Crippen molar-refractivity contribution in [3.05, 3.63) is 52.3 Å². The first-order chi connectivity index (χ1) is 8.80. The molecular weight excluding hydrogens is 257 g/mol. The summed E-state index contributed by atoms with van der Waals surface area (Å²) in [6.45, 7) is 0. The van der Waals surface area contributed by atoms with Crippen molar-refractivity contribution in [3.63, 3.8) is 0 Å². The minimum Gasteiger partial charge on any atom is -0.394 e. The van der Waals surface area contributed by atoms with E-state index < -0.39 is 17.3 Å². The molecule has 0 aliphatic carbocycles. The van der Waals surface area contributed by atoms with Gasteiger partial charge in [0.15, 0.2) is 0 Å².